The van der Waals surface area contributed by atoms with Crippen molar-refractivity contribution in [2.75, 3.05) is 11.1 Å². The first-order valence-corrected chi connectivity index (χ1v) is 11.5. The Morgan fingerprint density at radius 3 is 2.73 bits per heavy atom. The summed E-state index contributed by atoms with van der Waals surface area (Å²) in [5.74, 6) is 0.650. The van der Waals surface area contributed by atoms with Crippen LogP contribution in [0.4, 0.5) is 5.69 Å². The summed E-state index contributed by atoms with van der Waals surface area (Å²) in [6.45, 7) is 2.63. The van der Waals surface area contributed by atoms with E-state index >= 15 is 0 Å². The number of aryl methyl sites for hydroxylation is 1. The molecule has 0 atom stereocenters. The first-order chi connectivity index (χ1) is 16.0. The molecule has 4 aromatic rings. The molecular weight excluding hydrogens is 458 g/mol. The number of nitrogens with one attached hydrogen (secondary N) is 1. The van der Waals surface area contributed by atoms with Gasteiger partial charge in [-0.15, -0.1) is 10.2 Å². The monoisotopic (exact) mass is 477 g/mol. The fourth-order valence-corrected chi connectivity index (χ4v) is 4.27. The Bertz CT molecular complexity index is 1340. The van der Waals surface area contributed by atoms with E-state index in [0.29, 0.717) is 33.8 Å². The molecule has 1 N–H and O–H groups in total. The van der Waals surface area contributed by atoms with E-state index in [4.69, 9.17) is 16.9 Å². The van der Waals surface area contributed by atoms with Crippen molar-refractivity contribution < 1.29 is 4.79 Å². The van der Waals surface area contributed by atoms with Crippen LogP contribution in [-0.4, -0.2) is 36.2 Å². The summed E-state index contributed by atoms with van der Waals surface area (Å²) in [4.78, 5) is 12.4. The second-order valence-corrected chi connectivity index (χ2v) is 8.53. The van der Waals surface area contributed by atoms with Gasteiger partial charge in [0.15, 0.2) is 11.0 Å². The molecule has 2 aromatic carbocycles. The minimum absolute atomic E-state index is 0.159. The van der Waals surface area contributed by atoms with Crippen LogP contribution in [0.15, 0.2) is 59.9 Å². The van der Waals surface area contributed by atoms with Gasteiger partial charge < -0.3 is 9.88 Å². The standard InChI is InChI=1S/C23H20ClN7OS/c1-3-31-22(19-13-30(2)29-21(19)16-7-9-17(24)10-8-16)27-28-23(31)33-14-20(32)26-18-6-4-5-15(11-18)12-25/h4-11,13H,3,14H2,1-2H3,(H,26,32). The topological polar surface area (TPSA) is 101 Å². The lowest BCUT2D eigenvalue weighted by atomic mass is 10.1. The molecule has 33 heavy (non-hydrogen) atoms. The van der Waals surface area contributed by atoms with Crippen LogP contribution in [0.2, 0.25) is 5.02 Å². The molecule has 0 aliphatic rings. The number of rotatable bonds is 7. The van der Waals surface area contributed by atoms with E-state index in [9.17, 15) is 4.79 Å². The molecule has 166 valence electrons. The summed E-state index contributed by atoms with van der Waals surface area (Å²) >= 11 is 7.34. The highest BCUT2D eigenvalue weighted by molar-refractivity contribution is 7.99. The lowest BCUT2D eigenvalue weighted by Gasteiger charge is -2.08. The van der Waals surface area contributed by atoms with E-state index in [-0.39, 0.29) is 11.7 Å². The molecule has 0 saturated heterocycles. The van der Waals surface area contributed by atoms with Crippen LogP contribution >= 0.6 is 23.4 Å². The lowest BCUT2D eigenvalue weighted by Crippen LogP contribution is -2.14. The van der Waals surface area contributed by atoms with Gasteiger partial charge in [0.25, 0.3) is 0 Å². The zero-order valence-electron chi connectivity index (χ0n) is 18.0. The average molecular weight is 478 g/mol. The van der Waals surface area contributed by atoms with Crippen molar-refractivity contribution in [1.29, 1.82) is 5.26 Å². The third-order valence-corrected chi connectivity index (χ3v) is 6.05. The molecule has 0 fully saturated rings. The van der Waals surface area contributed by atoms with Crippen molar-refractivity contribution in [1.82, 2.24) is 24.5 Å². The number of benzene rings is 2. The maximum Gasteiger partial charge on any atom is 0.234 e. The number of aromatic nitrogens is 5. The van der Waals surface area contributed by atoms with E-state index in [1.54, 1.807) is 28.9 Å². The van der Waals surface area contributed by atoms with Crippen molar-refractivity contribution in [2.24, 2.45) is 7.05 Å². The van der Waals surface area contributed by atoms with Crippen LogP contribution in [0.5, 0.6) is 0 Å². The number of thioether (sulfide) groups is 1. The number of nitrogens with zero attached hydrogens (tertiary/aromatic N) is 6. The Hall–Kier alpha value is -3.61. The second kappa shape index (κ2) is 9.90. The van der Waals surface area contributed by atoms with Crippen LogP contribution in [0.3, 0.4) is 0 Å². The maximum absolute atomic E-state index is 12.4. The summed E-state index contributed by atoms with van der Waals surface area (Å²) in [5, 5.41) is 26.4. The van der Waals surface area contributed by atoms with Crippen molar-refractivity contribution >= 4 is 35.0 Å². The normalized spacial score (nSPS) is 10.7. The molecule has 8 nitrogen and oxygen atoms in total. The second-order valence-electron chi connectivity index (χ2n) is 7.15. The number of carbonyl (C=O) groups excluding carboxylic acids is 1. The van der Waals surface area contributed by atoms with Crippen LogP contribution in [0.1, 0.15) is 12.5 Å². The van der Waals surface area contributed by atoms with Gasteiger partial charge in [0.1, 0.15) is 5.69 Å². The fourth-order valence-electron chi connectivity index (χ4n) is 3.35. The van der Waals surface area contributed by atoms with E-state index in [2.05, 4.69) is 26.7 Å². The highest BCUT2D eigenvalue weighted by Crippen LogP contribution is 2.32. The highest BCUT2D eigenvalue weighted by Gasteiger charge is 2.20. The largest absolute Gasteiger partial charge is 0.325 e. The number of anilines is 1. The predicted octanol–water partition coefficient (Wildman–Crippen LogP) is 4.62. The molecular formula is C23H20ClN7OS. The van der Waals surface area contributed by atoms with Gasteiger partial charge in [-0.05, 0) is 37.3 Å². The minimum atomic E-state index is -0.189. The Labute approximate surface area is 200 Å². The van der Waals surface area contributed by atoms with Gasteiger partial charge in [-0.3, -0.25) is 9.48 Å². The molecule has 0 bridgehead atoms. The third-order valence-electron chi connectivity index (χ3n) is 4.83. The molecule has 0 saturated carbocycles. The Morgan fingerprint density at radius 2 is 2.00 bits per heavy atom. The summed E-state index contributed by atoms with van der Waals surface area (Å²) < 4.78 is 3.70. The maximum atomic E-state index is 12.4. The van der Waals surface area contributed by atoms with Gasteiger partial charge in [0, 0.05) is 36.1 Å². The lowest BCUT2D eigenvalue weighted by molar-refractivity contribution is -0.113. The van der Waals surface area contributed by atoms with Crippen molar-refractivity contribution in [3.63, 3.8) is 0 Å². The van der Waals surface area contributed by atoms with Crippen molar-refractivity contribution in [3.8, 4) is 28.7 Å². The number of nitriles is 1. The Morgan fingerprint density at radius 1 is 1.21 bits per heavy atom. The number of carbonyl (C=O) groups is 1. The van der Waals surface area contributed by atoms with Crippen LogP contribution in [0, 0.1) is 11.3 Å². The van der Waals surface area contributed by atoms with Gasteiger partial charge >= 0.3 is 0 Å². The van der Waals surface area contributed by atoms with Crippen LogP contribution in [-0.2, 0) is 18.4 Å². The molecule has 1 amide bonds. The van der Waals surface area contributed by atoms with Gasteiger partial charge in [-0.25, -0.2) is 0 Å². The first-order valence-electron chi connectivity index (χ1n) is 10.1. The van der Waals surface area contributed by atoms with E-state index < -0.39 is 0 Å². The number of hydrogen-bond donors (Lipinski definition) is 1. The smallest absolute Gasteiger partial charge is 0.234 e. The fraction of sp³-hybridized carbons (Fsp3) is 0.174. The summed E-state index contributed by atoms with van der Waals surface area (Å²) in [7, 11) is 1.86. The zero-order chi connectivity index (χ0) is 23.4. The van der Waals surface area contributed by atoms with Crippen molar-refractivity contribution in [2.45, 2.75) is 18.6 Å². The van der Waals surface area contributed by atoms with Gasteiger partial charge in [0.05, 0.1) is 22.9 Å². The van der Waals surface area contributed by atoms with Gasteiger partial charge in [-0.2, -0.15) is 10.4 Å². The SMILES string of the molecule is CCn1c(SCC(=O)Nc2cccc(C#N)c2)nnc1-c1cn(C)nc1-c1ccc(Cl)cc1. The minimum Gasteiger partial charge on any atom is -0.325 e. The third kappa shape index (κ3) is 5.08. The molecule has 0 aliphatic carbocycles. The number of halogens is 1. The molecule has 2 aromatic heterocycles. The molecule has 0 spiro atoms. The molecule has 0 radical (unpaired) electrons. The number of hydrogen-bond acceptors (Lipinski definition) is 6. The van der Waals surface area contributed by atoms with E-state index in [1.165, 1.54) is 11.8 Å². The molecule has 4 rings (SSSR count). The summed E-state index contributed by atoms with van der Waals surface area (Å²) in [6, 6.07) is 16.3. The number of amides is 1. The average Bonchev–Trinajstić information content (AvgIpc) is 3.41. The molecule has 2 heterocycles. The Kier molecular flexibility index (Phi) is 6.77. The molecule has 0 aliphatic heterocycles. The molecule has 10 heteroatoms. The molecule has 0 unspecified atom stereocenters. The van der Waals surface area contributed by atoms with Crippen LogP contribution < -0.4 is 5.32 Å². The Balaban J connectivity index is 1.54. The van der Waals surface area contributed by atoms with E-state index in [0.717, 1.165) is 16.8 Å². The van der Waals surface area contributed by atoms with Gasteiger partial charge in [0.2, 0.25) is 5.91 Å². The summed E-state index contributed by atoms with van der Waals surface area (Å²) in [6.07, 6.45) is 1.91. The highest BCUT2D eigenvalue weighted by atomic mass is 35.5. The zero-order valence-corrected chi connectivity index (χ0v) is 19.6. The van der Waals surface area contributed by atoms with Gasteiger partial charge in [-0.1, -0.05) is 41.6 Å². The van der Waals surface area contributed by atoms with Crippen LogP contribution in [0.25, 0.3) is 22.6 Å². The summed E-state index contributed by atoms with van der Waals surface area (Å²) in [5.41, 5.74) is 3.62. The van der Waals surface area contributed by atoms with E-state index in [1.807, 2.05) is 49.0 Å². The predicted molar refractivity (Wildman–Crippen MR) is 129 cm³/mol. The quantitative estimate of drug-likeness (QED) is 0.390. The first kappa shape index (κ1) is 22.6. The van der Waals surface area contributed by atoms with Crippen molar-refractivity contribution in [3.05, 3.63) is 65.3 Å².